The third kappa shape index (κ3) is 1.61. The first-order valence-corrected chi connectivity index (χ1v) is 7.98. The highest BCUT2D eigenvalue weighted by atomic mass is 79.9. The Labute approximate surface area is 119 Å². The zero-order valence-electron chi connectivity index (χ0n) is 10.0. The maximum atomic E-state index is 3.66. The van der Waals surface area contributed by atoms with E-state index in [-0.39, 0.29) is 0 Å². The molecule has 0 radical (unpaired) electrons. The predicted octanol–water partition coefficient (Wildman–Crippen LogP) is 4.31. The van der Waals surface area contributed by atoms with Gasteiger partial charge in [-0.05, 0) is 30.5 Å². The Kier molecular flexibility index (Phi) is 2.44. The number of hydrogen-bond acceptors (Lipinski definition) is 2. The third-order valence-corrected chi connectivity index (χ3v) is 5.98. The molecule has 2 aliphatic rings. The summed E-state index contributed by atoms with van der Waals surface area (Å²) in [5.74, 6) is 0. The first kappa shape index (κ1) is 11.2. The number of fused-ring (bicyclic) bond motifs is 2. The van der Waals surface area contributed by atoms with Crippen LogP contribution >= 0.6 is 27.3 Å². The minimum atomic E-state index is 0.490. The lowest BCUT2D eigenvalue weighted by Gasteiger charge is -2.22. The molecule has 1 nitrogen and oxygen atoms in total. The fraction of sp³-hybridized carbons (Fsp3) is 0.333. The van der Waals surface area contributed by atoms with Crippen molar-refractivity contribution in [3.63, 3.8) is 0 Å². The normalized spacial score (nSPS) is 19.8. The Hall–Kier alpha value is -0.640. The molecule has 0 atom stereocenters. The summed E-state index contributed by atoms with van der Waals surface area (Å²) in [5, 5.41) is 3.57. The Morgan fingerprint density at radius 3 is 2.83 bits per heavy atom. The van der Waals surface area contributed by atoms with E-state index < -0.39 is 0 Å². The van der Waals surface area contributed by atoms with Crippen molar-refractivity contribution in [2.24, 2.45) is 0 Å². The Balaban J connectivity index is 1.85. The second kappa shape index (κ2) is 3.92. The Bertz CT molecular complexity index is 613. The molecule has 1 saturated carbocycles. The van der Waals surface area contributed by atoms with Gasteiger partial charge in [-0.25, -0.2) is 0 Å². The van der Waals surface area contributed by atoms with E-state index in [4.69, 9.17) is 0 Å². The molecule has 1 aromatic carbocycles. The number of halogens is 1. The number of benzene rings is 1. The first-order valence-electron chi connectivity index (χ1n) is 6.37. The van der Waals surface area contributed by atoms with Crippen LogP contribution in [0, 0.1) is 0 Å². The smallest absolute Gasteiger partial charge is 0.0360 e. The monoisotopic (exact) mass is 319 g/mol. The number of hydrogen-bond donors (Lipinski definition) is 1. The van der Waals surface area contributed by atoms with Gasteiger partial charge in [-0.3, -0.25) is 0 Å². The Morgan fingerprint density at radius 1 is 1.22 bits per heavy atom. The molecule has 3 heteroatoms. The SMILES string of the molecule is Brc1ccccc1-c1cc2c(s1)CNCC21CC1. The van der Waals surface area contributed by atoms with Crippen molar-refractivity contribution >= 4 is 27.3 Å². The molecule has 2 heterocycles. The quantitative estimate of drug-likeness (QED) is 0.825. The van der Waals surface area contributed by atoms with Crippen molar-refractivity contribution in [1.82, 2.24) is 5.32 Å². The molecule has 1 aliphatic heterocycles. The minimum Gasteiger partial charge on any atom is -0.311 e. The first-order chi connectivity index (χ1) is 8.78. The standard InChI is InChI=1S/C15H14BrNS/c16-12-4-2-1-3-10(12)13-7-11-14(18-13)8-17-9-15(11)5-6-15/h1-4,7,17H,5-6,8-9H2. The number of nitrogens with one attached hydrogen (secondary N) is 1. The van der Waals surface area contributed by atoms with E-state index in [1.807, 2.05) is 11.3 Å². The number of rotatable bonds is 1. The van der Waals surface area contributed by atoms with Crippen LogP contribution in [0.4, 0.5) is 0 Å². The molecule has 0 bridgehead atoms. The van der Waals surface area contributed by atoms with Gasteiger partial charge in [0.2, 0.25) is 0 Å². The van der Waals surface area contributed by atoms with Crippen LogP contribution in [0.15, 0.2) is 34.8 Å². The van der Waals surface area contributed by atoms with Gasteiger partial charge in [0.1, 0.15) is 0 Å². The van der Waals surface area contributed by atoms with Crippen LogP contribution in [0.5, 0.6) is 0 Å². The maximum Gasteiger partial charge on any atom is 0.0360 e. The summed E-state index contributed by atoms with van der Waals surface area (Å²) in [6.07, 6.45) is 2.72. The highest BCUT2D eigenvalue weighted by molar-refractivity contribution is 9.10. The molecule has 1 aromatic heterocycles. The topological polar surface area (TPSA) is 12.0 Å². The van der Waals surface area contributed by atoms with Gasteiger partial charge >= 0.3 is 0 Å². The minimum absolute atomic E-state index is 0.490. The van der Waals surface area contributed by atoms with Crippen LogP contribution in [0.1, 0.15) is 23.3 Å². The van der Waals surface area contributed by atoms with E-state index in [0.717, 1.165) is 6.54 Å². The van der Waals surface area contributed by atoms with Gasteiger partial charge < -0.3 is 5.32 Å². The fourth-order valence-corrected chi connectivity index (χ4v) is 4.83. The van der Waals surface area contributed by atoms with Gasteiger partial charge in [0.15, 0.2) is 0 Å². The summed E-state index contributed by atoms with van der Waals surface area (Å²) in [5.41, 5.74) is 3.44. The van der Waals surface area contributed by atoms with Crippen LogP contribution in [0.25, 0.3) is 10.4 Å². The summed E-state index contributed by atoms with van der Waals surface area (Å²) in [4.78, 5) is 2.95. The average molecular weight is 320 g/mol. The van der Waals surface area contributed by atoms with Gasteiger partial charge in [0, 0.05) is 38.3 Å². The van der Waals surface area contributed by atoms with Crippen LogP contribution in [0.3, 0.4) is 0 Å². The zero-order valence-corrected chi connectivity index (χ0v) is 12.4. The molecule has 18 heavy (non-hydrogen) atoms. The molecule has 92 valence electrons. The summed E-state index contributed by atoms with van der Waals surface area (Å²) >= 11 is 5.61. The van der Waals surface area contributed by atoms with Crippen molar-refractivity contribution in [1.29, 1.82) is 0 Å². The highest BCUT2D eigenvalue weighted by Crippen LogP contribution is 2.53. The maximum absolute atomic E-state index is 3.66. The lowest BCUT2D eigenvalue weighted by molar-refractivity contribution is 0.539. The molecule has 0 amide bonds. The van der Waals surface area contributed by atoms with E-state index in [2.05, 4.69) is 51.6 Å². The van der Waals surface area contributed by atoms with Crippen LogP contribution in [-0.2, 0) is 12.0 Å². The second-order valence-electron chi connectivity index (χ2n) is 5.31. The van der Waals surface area contributed by atoms with E-state index in [9.17, 15) is 0 Å². The largest absolute Gasteiger partial charge is 0.311 e. The third-order valence-electron chi connectivity index (χ3n) is 4.12. The van der Waals surface area contributed by atoms with Gasteiger partial charge in [-0.1, -0.05) is 34.1 Å². The highest BCUT2D eigenvalue weighted by Gasteiger charge is 2.47. The van der Waals surface area contributed by atoms with Crippen molar-refractivity contribution in [2.45, 2.75) is 24.8 Å². The fourth-order valence-electron chi connectivity index (χ4n) is 2.91. The molecular formula is C15H14BrNS. The average Bonchev–Trinajstić information content (AvgIpc) is 3.00. The summed E-state index contributed by atoms with van der Waals surface area (Å²) in [7, 11) is 0. The predicted molar refractivity (Wildman–Crippen MR) is 80.1 cm³/mol. The van der Waals surface area contributed by atoms with Crippen molar-refractivity contribution in [2.75, 3.05) is 6.54 Å². The van der Waals surface area contributed by atoms with Gasteiger partial charge in [0.05, 0.1) is 0 Å². The van der Waals surface area contributed by atoms with Gasteiger partial charge in [-0.2, -0.15) is 0 Å². The molecule has 4 rings (SSSR count). The van der Waals surface area contributed by atoms with E-state index >= 15 is 0 Å². The second-order valence-corrected chi connectivity index (χ2v) is 7.30. The lowest BCUT2D eigenvalue weighted by atomic mass is 9.93. The van der Waals surface area contributed by atoms with Gasteiger partial charge in [-0.15, -0.1) is 11.3 Å². The summed E-state index contributed by atoms with van der Waals surface area (Å²) < 4.78 is 1.20. The molecule has 1 spiro atoms. The van der Waals surface area contributed by atoms with Crippen molar-refractivity contribution < 1.29 is 0 Å². The molecule has 1 aliphatic carbocycles. The molecule has 1 fully saturated rings. The summed E-state index contributed by atoms with van der Waals surface area (Å²) in [6.45, 7) is 2.22. The summed E-state index contributed by atoms with van der Waals surface area (Å²) in [6, 6.07) is 11.0. The molecule has 0 unspecified atom stereocenters. The molecular weight excluding hydrogens is 306 g/mol. The van der Waals surface area contributed by atoms with Crippen LogP contribution in [-0.4, -0.2) is 6.54 Å². The zero-order chi connectivity index (χ0) is 12.2. The van der Waals surface area contributed by atoms with E-state index in [0.29, 0.717) is 5.41 Å². The van der Waals surface area contributed by atoms with E-state index in [1.165, 1.54) is 34.3 Å². The molecule has 1 N–H and O–H groups in total. The number of thiophene rings is 1. The van der Waals surface area contributed by atoms with E-state index in [1.54, 1.807) is 10.4 Å². The van der Waals surface area contributed by atoms with Crippen molar-refractivity contribution in [3.8, 4) is 10.4 Å². The van der Waals surface area contributed by atoms with Crippen molar-refractivity contribution in [3.05, 3.63) is 45.2 Å². The van der Waals surface area contributed by atoms with Gasteiger partial charge in [0.25, 0.3) is 0 Å². The molecule has 0 saturated heterocycles. The van der Waals surface area contributed by atoms with Crippen LogP contribution in [0.2, 0.25) is 0 Å². The Morgan fingerprint density at radius 2 is 2.06 bits per heavy atom. The molecule has 2 aromatic rings. The van der Waals surface area contributed by atoms with Crippen LogP contribution < -0.4 is 5.32 Å². The lowest BCUT2D eigenvalue weighted by Crippen LogP contribution is -2.31.